The lowest BCUT2D eigenvalue weighted by Crippen LogP contribution is -2.32. The van der Waals surface area contributed by atoms with Crippen LogP contribution >= 0.6 is 0 Å². The molecule has 0 fully saturated rings. The van der Waals surface area contributed by atoms with Crippen LogP contribution in [-0.2, 0) is 16.1 Å². The van der Waals surface area contributed by atoms with Crippen molar-refractivity contribution in [1.29, 1.82) is 0 Å². The van der Waals surface area contributed by atoms with E-state index < -0.39 is 0 Å². The van der Waals surface area contributed by atoms with Crippen molar-refractivity contribution in [2.24, 2.45) is 0 Å². The van der Waals surface area contributed by atoms with Crippen molar-refractivity contribution in [2.45, 2.75) is 39.2 Å². The van der Waals surface area contributed by atoms with Crippen LogP contribution in [0.3, 0.4) is 0 Å². The van der Waals surface area contributed by atoms with Gasteiger partial charge < -0.3 is 4.74 Å². The number of esters is 1. The molecule has 0 unspecified atom stereocenters. The Kier molecular flexibility index (Phi) is 8.34. The number of hydrogen-bond donors (Lipinski definition) is 0. The van der Waals surface area contributed by atoms with Crippen LogP contribution in [0.4, 0.5) is 0 Å². The summed E-state index contributed by atoms with van der Waals surface area (Å²) in [5.41, 5.74) is 2.87. The molecule has 3 nitrogen and oxygen atoms in total. The van der Waals surface area contributed by atoms with Crippen LogP contribution in [0.25, 0.3) is 12.2 Å². The predicted octanol–water partition coefficient (Wildman–Crippen LogP) is 4.82. The molecule has 0 radical (unpaired) electrons. The lowest BCUT2D eigenvalue weighted by Gasteiger charge is -2.03. The third-order valence-electron chi connectivity index (χ3n) is 4.08. The van der Waals surface area contributed by atoms with Crippen LogP contribution in [0.2, 0.25) is 0 Å². The van der Waals surface area contributed by atoms with Crippen molar-refractivity contribution in [2.75, 3.05) is 6.61 Å². The number of nitrogens with zero attached hydrogens (tertiary/aromatic N) is 1. The molecule has 0 N–H and O–H groups in total. The second-order valence-electron chi connectivity index (χ2n) is 6.44. The van der Waals surface area contributed by atoms with Crippen LogP contribution in [0.15, 0.2) is 67.0 Å². The van der Waals surface area contributed by atoms with Gasteiger partial charge in [0.1, 0.15) is 6.54 Å². The van der Waals surface area contributed by atoms with Crippen LogP contribution < -0.4 is 4.57 Å². The molecule has 0 spiro atoms. The Labute approximate surface area is 156 Å². The summed E-state index contributed by atoms with van der Waals surface area (Å²) < 4.78 is 7.30. The molecule has 26 heavy (non-hydrogen) atoms. The van der Waals surface area contributed by atoms with Gasteiger partial charge in [0.15, 0.2) is 12.4 Å². The van der Waals surface area contributed by atoms with Gasteiger partial charge in [-0.25, -0.2) is 9.36 Å². The van der Waals surface area contributed by atoms with E-state index in [1.807, 2.05) is 18.2 Å². The lowest BCUT2D eigenvalue weighted by molar-refractivity contribution is -0.697. The molecule has 1 heterocycles. The standard InChI is InChI=1S/C23H28NO2/c1-20(2)23(25)26-19-9-4-3-8-16-24-17-14-22(15-18-24)13-12-21-10-6-5-7-11-21/h5-7,10-15,17-18H,1,3-4,8-9,16,19H2,2H3/q+1/b13-12+. The Balaban J connectivity index is 1.63. The van der Waals surface area contributed by atoms with E-state index in [1.165, 1.54) is 11.1 Å². The van der Waals surface area contributed by atoms with Crippen LogP contribution in [-0.4, -0.2) is 12.6 Å². The largest absolute Gasteiger partial charge is 0.462 e. The number of benzene rings is 1. The molecule has 3 heteroatoms. The van der Waals surface area contributed by atoms with Gasteiger partial charge in [0.05, 0.1) is 6.61 Å². The first-order valence-electron chi connectivity index (χ1n) is 9.20. The highest BCUT2D eigenvalue weighted by molar-refractivity contribution is 5.86. The van der Waals surface area contributed by atoms with E-state index in [0.29, 0.717) is 12.2 Å². The molecule has 0 aliphatic rings. The predicted molar refractivity (Wildman–Crippen MR) is 106 cm³/mol. The van der Waals surface area contributed by atoms with Crippen molar-refractivity contribution in [3.63, 3.8) is 0 Å². The minimum atomic E-state index is -0.290. The summed E-state index contributed by atoms with van der Waals surface area (Å²) >= 11 is 0. The normalized spacial score (nSPS) is 10.8. The number of hydrogen-bond acceptors (Lipinski definition) is 2. The number of carbonyl (C=O) groups is 1. The first kappa shape index (κ1) is 19.6. The number of aryl methyl sites for hydroxylation is 1. The van der Waals surface area contributed by atoms with E-state index in [4.69, 9.17) is 4.74 Å². The highest BCUT2D eigenvalue weighted by Gasteiger charge is 2.03. The number of unbranched alkanes of at least 4 members (excludes halogenated alkanes) is 3. The molecule has 0 saturated heterocycles. The summed E-state index contributed by atoms with van der Waals surface area (Å²) in [6, 6.07) is 14.6. The molecule has 0 aliphatic carbocycles. The number of carbonyl (C=O) groups excluding carboxylic acids is 1. The first-order valence-corrected chi connectivity index (χ1v) is 9.20. The fourth-order valence-corrected chi connectivity index (χ4v) is 2.52. The molecule has 0 amide bonds. The molecular formula is C23H28NO2+. The third-order valence-corrected chi connectivity index (χ3v) is 4.08. The van der Waals surface area contributed by atoms with E-state index in [0.717, 1.165) is 32.2 Å². The maximum atomic E-state index is 11.2. The van der Waals surface area contributed by atoms with Gasteiger partial charge in [-0.15, -0.1) is 0 Å². The molecule has 1 aromatic heterocycles. The second kappa shape index (κ2) is 11.0. The maximum Gasteiger partial charge on any atom is 0.333 e. The van der Waals surface area contributed by atoms with Gasteiger partial charge >= 0.3 is 5.97 Å². The highest BCUT2D eigenvalue weighted by Crippen LogP contribution is 2.07. The average molecular weight is 350 g/mol. The zero-order valence-electron chi connectivity index (χ0n) is 15.6. The Hall–Kier alpha value is -2.68. The maximum absolute atomic E-state index is 11.2. The lowest BCUT2D eigenvalue weighted by atomic mass is 10.1. The van der Waals surface area contributed by atoms with E-state index in [1.54, 1.807) is 6.92 Å². The molecule has 2 rings (SSSR count). The van der Waals surface area contributed by atoms with Gasteiger partial charge in [0, 0.05) is 24.1 Å². The summed E-state index contributed by atoms with van der Waals surface area (Å²) in [4.78, 5) is 11.2. The SMILES string of the molecule is C=C(C)C(=O)OCCCCCC[n+]1ccc(/C=C/c2ccccc2)cc1. The molecule has 0 saturated carbocycles. The van der Waals surface area contributed by atoms with Crippen LogP contribution in [0, 0.1) is 0 Å². The van der Waals surface area contributed by atoms with E-state index in [2.05, 4.69) is 60.0 Å². The van der Waals surface area contributed by atoms with E-state index in [9.17, 15) is 4.79 Å². The molecule has 136 valence electrons. The van der Waals surface area contributed by atoms with Gasteiger partial charge in [0.2, 0.25) is 0 Å². The smallest absolute Gasteiger partial charge is 0.333 e. The Morgan fingerprint density at radius 2 is 1.58 bits per heavy atom. The molecule has 2 aromatic rings. The number of aromatic nitrogens is 1. The summed E-state index contributed by atoms with van der Waals surface area (Å²) in [6.45, 7) is 6.73. The monoisotopic (exact) mass is 350 g/mol. The molecule has 0 aliphatic heterocycles. The van der Waals surface area contributed by atoms with Gasteiger partial charge in [-0.2, -0.15) is 0 Å². The number of rotatable bonds is 10. The van der Waals surface area contributed by atoms with E-state index in [-0.39, 0.29) is 5.97 Å². The van der Waals surface area contributed by atoms with Crippen molar-refractivity contribution < 1.29 is 14.1 Å². The minimum Gasteiger partial charge on any atom is -0.462 e. The van der Waals surface area contributed by atoms with Gasteiger partial charge in [-0.1, -0.05) is 49.1 Å². The summed E-state index contributed by atoms with van der Waals surface area (Å²) in [6.07, 6.45) is 12.7. The first-order chi connectivity index (χ1) is 12.6. The van der Waals surface area contributed by atoms with Crippen LogP contribution in [0.1, 0.15) is 43.7 Å². The summed E-state index contributed by atoms with van der Waals surface area (Å²) in [5.74, 6) is -0.290. The third kappa shape index (κ3) is 7.47. The van der Waals surface area contributed by atoms with Crippen molar-refractivity contribution in [1.82, 2.24) is 0 Å². The topological polar surface area (TPSA) is 30.2 Å². The average Bonchev–Trinajstić information content (AvgIpc) is 2.67. The Morgan fingerprint density at radius 1 is 0.962 bits per heavy atom. The molecule has 0 atom stereocenters. The number of ether oxygens (including phenoxy) is 1. The van der Waals surface area contributed by atoms with Crippen molar-refractivity contribution in [3.8, 4) is 0 Å². The van der Waals surface area contributed by atoms with E-state index >= 15 is 0 Å². The highest BCUT2D eigenvalue weighted by atomic mass is 16.5. The number of pyridine rings is 1. The Morgan fingerprint density at radius 3 is 2.23 bits per heavy atom. The van der Waals surface area contributed by atoms with Crippen molar-refractivity contribution >= 4 is 18.1 Å². The van der Waals surface area contributed by atoms with Gasteiger partial charge in [-0.3, -0.25) is 0 Å². The van der Waals surface area contributed by atoms with Crippen LogP contribution in [0.5, 0.6) is 0 Å². The van der Waals surface area contributed by atoms with Gasteiger partial charge in [-0.05, 0) is 37.3 Å². The summed E-state index contributed by atoms with van der Waals surface area (Å²) in [7, 11) is 0. The molecule has 0 bridgehead atoms. The van der Waals surface area contributed by atoms with Crippen molar-refractivity contribution in [3.05, 3.63) is 78.1 Å². The Bertz CT molecular complexity index is 718. The summed E-state index contributed by atoms with van der Waals surface area (Å²) in [5, 5.41) is 0. The minimum absolute atomic E-state index is 0.290. The fourth-order valence-electron chi connectivity index (χ4n) is 2.52. The molecule has 1 aromatic carbocycles. The second-order valence-corrected chi connectivity index (χ2v) is 6.44. The molecular weight excluding hydrogens is 322 g/mol. The fraction of sp³-hybridized carbons (Fsp3) is 0.304. The quantitative estimate of drug-likeness (QED) is 0.266. The zero-order chi connectivity index (χ0) is 18.6. The zero-order valence-corrected chi connectivity index (χ0v) is 15.6. The van der Waals surface area contributed by atoms with Gasteiger partial charge in [0.25, 0.3) is 0 Å².